The van der Waals surface area contributed by atoms with Crippen LogP contribution in [-0.2, 0) is 9.84 Å². The van der Waals surface area contributed by atoms with Crippen LogP contribution in [0.15, 0.2) is 47.6 Å². The molecule has 0 aliphatic rings. The van der Waals surface area contributed by atoms with Crippen molar-refractivity contribution < 1.29 is 8.42 Å². The molecule has 0 fully saturated rings. The lowest BCUT2D eigenvalue weighted by Crippen LogP contribution is -1.96. The van der Waals surface area contributed by atoms with E-state index in [1.807, 2.05) is 6.07 Å². The van der Waals surface area contributed by atoms with Gasteiger partial charge in [-0.3, -0.25) is 4.98 Å². The lowest BCUT2D eigenvalue weighted by molar-refractivity contribution is 0.602. The predicted octanol–water partition coefficient (Wildman–Crippen LogP) is 2.45. The molecule has 1 N–H and O–H groups in total. The molecule has 7 heteroatoms. The highest BCUT2D eigenvalue weighted by molar-refractivity contribution is 7.90. The summed E-state index contributed by atoms with van der Waals surface area (Å²) in [6.45, 7) is 0. The van der Waals surface area contributed by atoms with Gasteiger partial charge in [0.1, 0.15) is 5.82 Å². The third-order valence-electron chi connectivity index (χ3n) is 2.84. The summed E-state index contributed by atoms with van der Waals surface area (Å²) < 4.78 is 22.8. The zero-order chi connectivity index (χ0) is 13.5. The van der Waals surface area contributed by atoms with Gasteiger partial charge in [0.25, 0.3) is 0 Å². The summed E-state index contributed by atoms with van der Waals surface area (Å²) in [6, 6.07) is 8.45. The molecule has 3 rings (SSSR count). The van der Waals surface area contributed by atoms with E-state index in [4.69, 9.17) is 0 Å². The van der Waals surface area contributed by atoms with Gasteiger partial charge in [0.05, 0.1) is 22.1 Å². The molecule has 5 nitrogen and oxygen atoms in total. The van der Waals surface area contributed by atoms with Gasteiger partial charge in [-0.2, -0.15) is 0 Å². The maximum absolute atomic E-state index is 11.4. The first-order valence-electron chi connectivity index (χ1n) is 5.64. The van der Waals surface area contributed by atoms with Crippen LogP contribution in [0.2, 0.25) is 0 Å². The number of fused-ring (bicyclic) bond motifs is 1. The van der Waals surface area contributed by atoms with Crippen LogP contribution in [0.5, 0.6) is 0 Å². The molecule has 1 aromatic carbocycles. The van der Waals surface area contributed by atoms with Crippen molar-refractivity contribution in [1.82, 2.24) is 15.0 Å². The summed E-state index contributed by atoms with van der Waals surface area (Å²) in [7, 11) is -3.17. The number of hydrogen-bond donors (Lipinski definition) is 1. The molecule has 0 spiro atoms. The molecule has 0 aliphatic heterocycles. The number of nitrogens with one attached hydrogen (secondary N) is 1. The van der Waals surface area contributed by atoms with E-state index >= 15 is 0 Å². The van der Waals surface area contributed by atoms with E-state index < -0.39 is 9.84 Å². The van der Waals surface area contributed by atoms with Gasteiger partial charge in [0, 0.05) is 18.0 Å². The third kappa shape index (κ3) is 2.66. The molecular weight excluding hydrogens is 298 g/mol. The van der Waals surface area contributed by atoms with E-state index in [1.165, 1.54) is 6.26 Å². The molecule has 104 valence electrons. The highest BCUT2D eigenvalue weighted by atomic mass is 35.5. The Morgan fingerprint density at radius 3 is 2.40 bits per heavy atom. The molecule has 0 saturated carbocycles. The van der Waals surface area contributed by atoms with E-state index in [0.29, 0.717) is 10.7 Å². The first-order chi connectivity index (χ1) is 9.04. The van der Waals surface area contributed by atoms with Crippen molar-refractivity contribution >= 4 is 33.3 Å². The molecule has 0 atom stereocenters. The van der Waals surface area contributed by atoms with Crippen molar-refractivity contribution in [2.75, 3.05) is 6.26 Å². The second-order valence-electron chi connectivity index (χ2n) is 4.27. The summed E-state index contributed by atoms with van der Waals surface area (Å²) in [5, 5.41) is 0. The van der Waals surface area contributed by atoms with Crippen molar-refractivity contribution in [3.8, 4) is 11.4 Å². The van der Waals surface area contributed by atoms with Gasteiger partial charge in [0.15, 0.2) is 9.84 Å². The number of H-pyrrole nitrogens is 1. The normalized spacial score (nSPS) is 11.2. The maximum Gasteiger partial charge on any atom is 0.175 e. The van der Waals surface area contributed by atoms with Crippen molar-refractivity contribution in [3.05, 3.63) is 42.7 Å². The molecule has 2 heterocycles. The number of rotatable bonds is 2. The summed E-state index contributed by atoms with van der Waals surface area (Å²) in [5.41, 5.74) is 2.52. The van der Waals surface area contributed by atoms with E-state index in [2.05, 4.69) is 15.0 Å². The summed E-state index contributed by atoms with van der Waals surface area (Å²) >= 11 is 0. The van der Waals surface area contributed by atoms with Crippen LogP contribution >= 0.6 is 12.4 Å². The molecule has 0 saturated heterocycles. The zero-order valence-corrected chi connectivity index (χ0v) is 12.2. The van der Waals surface area contributed by atoms with Gasteiger partial charge < -0.3 is 4.98 Å². The first kappa shape index (κ1) is 14.5. The highest BCUT2D eigenvalue weighted by Crippen LogP contribution is 2.21. The summed E-state index contributed by atoms with van der Waals surface area (Å²) in [6.07, 6.45) is 4.57. The second kappa shape index (κ2) is 5.22. The Bertz CT molecular complexity index is 808. The Morgan fingerprint density at radius 1 is 1.10 bits per heavy atom. The number of pyridine rings is 1. The molecule has 2 aromatic heterocycles. The fourth-order valence-corrected chi connectivity index (χ4v) is 2.48. The van der Waals surface area contributed by atoms with E-state index in [0.717, 1.165) is 16.6 Å². The lowest BCUT2D eigenvalue weighted by atomic mass is 10.2. The average Bonchev–Trinajstić information content (AvgIpc) is 2.81. The molecule has 0 aliphatic carbocycles. The standard InChI is InChI=1S/C13H11N3O2S.ClH/c1-19(17,18)10-4-2-9(3-5-10)13-15-11-6-7-14-8-12(11)16-13;/h2-8H,1H3,(H,15,16);1H. The monoisotopic (exact) mass is 309 g/mol. The van der Waals surface area contributed by atoms with Crippen LogP contribution in [0.4, 0.5) is 0 Å². The average molecular weight is 310 g/mol. The van der Waals surface area contributed by atoms with Gasteiger partial charge in [-0.25, -0.2) is 13.4 Å². The van der Waals surface area contributed by atoms with Gasteiger partial charge in [0.2, 0.25) is 0 Å². The minimum absolute atomic E-state index is 0. The number of sulfone groups is 1. The van der Waals surface area contributed by atoms with E-state index in [9.17, 15) is 8.42 Å². The number of hydrogen-bond acceptors (Lipinski definition) is 4. The fraction of sp³-hybridized carbons (Fsp3) is 0.0769. The topological polar surface area (TPSA) is 75.7 Å². The largest absolute Gasteiger partial charge is 0.337 e. The van der Waals surface area contributed by atoms with Crippen molar-refractivity contribution in [2.45, 2.75) is 4.90 Å². The number of imidazole rings is 1. The lowest BCUT2D eigenvalue weighted by Gasteiger charge is -1.99. The minimum Gasteiger partial charge on any atom is -0.337 e. The molecule has 0 unspecified atom stereocenters. The first-order valence-corrected chi connectivity index (χ1v) is 7.53. The van der Waals surface area contributed by atoms with Gasteiger partial charge in [-0.05, 0) is 30.3 Å². The van der Waals surface area contributed by atoms with Crippen LogP contribution in [-0.4, -0.2) is 29.6 Å². The van der Waals surface area contributed by atoms with Gasteiger partial charge in [-0.1, -0.05) is 0 Å². The third-order valence-corrected chi connectivity index (χ3v) is 3.97. The van der Waals surface area contributed by atoms with Crippen LogP contribution < -0.4 is 0 Å². The summed E-state index contributed by atoms with van der Waals surface area (Å²) in [4.78, 5) is 11.9. The molecule has 0 bridgehead atoms. The number of aromatic amines is 1. The SMILES string of the molecule is CS(=O)(=O)c1ccc(-c2nc3ccncc3[nH]2)cc1.Cl. The predicted molar refractivity (Wildman–Crippen MR) is 79.7 cm³/mol. The smallest absolute Gasteiger partial charge is 0.175 e. The molecule has 0 amide bonds. The van der Waals surface area contributed by atoms with Gasteiger partial charge in [-0.15, -0.1) is 12.4 Å². The van der Waals surface area contributed by atoms with Crippen molar-refractivity contribution in [3.63, 3.8) is 0 Å². The number of nitrogens with zero attached hydrogens (tertiary/aromatic N) is 2. The fourth-order valence-electron chi connectivity index (χ4n) is 1.85. The summed E-state index contributed by atoms with van der Waals surface area (Å²) in [5.74, 6) is 0.697. The maximum atomic E-state index is 11.4. The molecular formula is C13H12ClN3O2S. The Kier molecular flexibility index (Phi) is 3.78. The quantitative estimate of drug-likeness (QED) is 0.789. The van der Waals surface area contributed by atoms with Crippen LogP contribution in [0.25, 0.3) is 22.4 Å². The van der Waals surface area contributed by atoms with Crippen molar-refractivity contribution in [1.29, 1.82) is 0 Å². The molecule has 20 heavy (non-hydrogen) atoms. The van der Waals surface area contributed by atoms with Crippen molar-refractivity contribution in [2.24, 2.45) is 0 Å². The number of halogens is 1. The molecule has 0 radical (unpaired) electrons. The zero-order valence-electron chi connectivity index (χ0n) is 10.6. The van der Waals surface area contributed by atoms with E-state index in [1.54, 1.807) is 36.7 Å². The molecule has 3 aromatic rings. The highest BCUT2D eigenvalue weighted by Gasteiger charge is 2.09. The van der Waals surface area contributed by atoms with Crippen LogP contribution in [0.3, 0.4) is 0 Å². The Labute approximate surface area is 122 Å². The number of aromatic nitrogens is 3. The van der Waals surface area contributed by atoms with Crippen LogP contribution in [0.1, 0.15) is 0 Å². The number of benzene rings is 1. The minimum atomic E-state index is -3.17. The Balaban J connectivity index is 0.00000147. The Morgan fingerprint density at radius 2 is 1.80 bits per heavy atom. The van der Waals surface area contributed by atoms with Crippen LogP contribution in [0, 0.1) is 0 Å². The van der Waals surface area contributed by atoms with E-state index in [-0.39, 0.29) is 12.4 Å². The Hall–Kier alpha value is -1.92. The van der Waals surface area contributed by atoms with Gasteiger partial charge >= 0.3 is 0 Å². The second-order valence-corrected chi connectivity index (χ2v) is 6.29.